The van der Waals surface area contributed by atoms with Crippen molar-refractivity contribution in [2.24, 2.45) is 0 Å². The molecule has 0 radical (unpaired) electrons. The van der Waals surface area contributed by atoms with Crippen LogP contribution in [0.25, 0.3) is 0 Å². The molecule has 128 valence electrons. The first-order valence-corrected chi connectivity index (χ1v) is 7.50. The lowest BCUT2D eigenvalue weighted by atomic mass is 10.2. The summed E-state index contributed by atoms with van der Waals surface area (Å²) in [6, 6.07) is 10.1. The van der Waals surface area contributed by atoms with Crippen LogP contribution in [-0.4, -0.2) is 0 Å². The average molecular weight is 330 g/mol. The normalized spacial score (nSPS) is 9.91. The summed E-state index contributed by atoms with van der Waals surface area (Å²) < 4.78 is 55.0. The van der Waals surface area contributed by atoms with E-state index in [1.54, 1.807) is 12.1 Å². The maximum absolute atomic E-state index is 12.7. The van der Waals surface area contributed by atoms with Crippen LogP contribution < -0.4 is 4.74 Å². The van der Waals surface area contributed by atoms with Crippen LogP contribution in [0.15, 0.2) is 48.5 Å². The first-order valence-electron chi connectivity index (χ1n) is 7.50. The van der Waals surface area contributed by atoms with Crippen molar-refractivity contribution >= 4 is 0 Å². The fourth-order valence-electron chi connectivity index (χ4n) is 1.49. The zero-order valence-corrected chi connectivity index (χ0v) is 13.7. The maximum atomic E-state index is 12.7. The number of rotatable bonds is 3. The van der Waals surface area contributed by atoms with Crippen LogP contribution >= 0.6 is 0 Å². The summed E-state index contributed by atoms with van der Waals surface area (Å²) in [5.74, 6) is -0.0180. The summed E-state index contributed by atoms with van der Waals surface area (Å²) in [5, 5.41) is 0. The Hall–Kier alpha value is -2.04. The molecule has 0 aliphatic heterocycles. The summed E-state index contributed by atoms with van der Waals surface area (Å²) >= 11 is 0. The average Bonchev–Trinajstić information content (AvgIpc) is 2.58. The molecule has 0 unspecified atom stereocenters. The van der Waals surface area contributed by atoms with E-state index < -0.39 is 11.7 Å². The number of hydrogen-bond acceptors (Lipinski definition) is 1. The Morgan fingerprint density at radius 2 is 1.26 bits per heavy atom. The molecule has 0 aliphatic carbocycles. The number of benzene rings is 2. The quantitative estimate of drug-likeness (QED) is 0.586. The molecular formula is C18H22F4O. The van der Waals surface area contributed by atoms with Gasteiger partial charge in [-0.05, 0) is 42.0 Å². The van der Waals surface area contributed by atoms with Crippen molar-refractivity contribution in [3.63, 3.8) is 0 Å². The molecule has 1 nitrogen and oxygen atoms in total. The second kappa shape index (κ2) is 10.6. The summed E-state index contributed by atoms with van der Waals surface area (Å²) in [5.41, 5.74) is 0.0166. The van der Waals surface area contributed by atoms with Crippen molar-refractivity contribution in [1.29, 1.82) is 0 Å². The fourth-order valence-corrected chi connectivity index (χ4v) is 1.49. The standard InChI is InChI=1S/C14H10F4O.2C2H6/c15-12-5-1-10(2-6-12)9-19-13-7-3-11(4-8-13)14(16,17)18;2*1-2/h1-8H,9H2;2*1-2H3. The van der Waals surface area contributed by atoms with Gasteiger partial charge in [0, 0.05) is 0 Å². The van der Waals surface area contributed by atoms with E-state index in [0.29, 0.717) is 5.75 Å². The minimum atomic E-state index is -4.35. The van der Waals surface area contributed by atoms with Gasteiger partial charge in [-0.25, -0.2) is 4.39 Å². The Labute approximate surface area is 134 Å². The molecule has 23 heavy (non-hydrogen) atoms. The lowest BCUT2D eigenvalue weighted by molar-refractivity contribution is -0.137. The van der Waals surface area contributed by atoms with Crippen molar-refractivity contribution < 1.29 is 22.3 Å². The minimum Gasteiger partial charge on any atom is -0.489 e. The van der Waals surface area contributed by atoms with Gasteiger partial charge < -0.3 is 4.74 Å². The Kier molecular flexibility index (Phi) is 9.70. The molecule has 0 saturated carbocycles. The molecule has 0 N–H and O–H groups in total. The van der Waals surface area contributed by atoms with E-state index in [4.69, 9.17) is 4.74 Å². The Balaban J connectivity index is 0.00000112. The highest BCUT2D eigenvalue weighted by atomic mass is 19.4. The van der Waals surface area contributed by atoms with Gasteiger partial charge in [-0.15, -0.1) is 0 Å². The van der Waals surface area contributed by atoms with Crippen molar-refractivity contribution in [2.45, 2.75) is 40.5 Å². The van der Waals surface area contributed by atoms with Gasteiger partial charge in [0.2, 0.25) is 0 Å². The largest absolute Gasteiger partial charge is 0.489 e. The van der Waals surface area contributed by atoms with E-state index in [1.165, 1.54) is 24.3 Å². The predicted octanol–water partition coefficient (Wildman–Crippen LogP) is 6.48. The van der Waals surface area contributed by atoms with Gasteiger partial charge >= 0.3 is 6.18 Å². The van der Waals surface area contributed by atoms with Crippen molar-refractivity contribution in [3.05, 3.63) is 65.5 Å². The summed E-state index contributed by atoms with van der Waals surface area (Å²) in [4.78, 5) is 0. The summed E-state index contributed by atoms with van der Waals surface area (Å²) in [7, 11) is 0. The van der Waals surface area contributed by atoms with E-state index in [9.17, 15) is 17.6 Å². The number of ether oxygens (including phenoxy) is 1. The fraction of sp³-hybridized carbons (Fsp3) is 0.333. The second-order valence-electron chi connectivity index (χ2n) is 3.94. The molecule has 2 aromatic rings. The highest BCUT2D eigenvalue weighted by Gasteiger charge is 2.29. The first kappa shape index (κ1) is 21.0. The van der Waals surface area contributed by atoms with Crippen LogP contribution in [0.4, 0.5) is 17.6 Å². The lowest BCUT2D eigenvalue weighted by Crippen LogP contribution is -2.04. The van der Waals surface area contributed by atoms with Crippen LogP contribution in [0, 0.1) is 5.82 Å². The van der Waals surface area contributed by atoms with Crippen LogP contribution in [0.1, 0.15) is 38.8 Å². The third-order valence-electron chi connectivity index (χ3n) is 2.50. The Morgan fingerprint density at radius 3 is 1.70 bits per heavy atom. The van der Waals surface area contributed by atoms with E-state index >= 15 is 0 Å². The molecule has 0 atom stereocenters. The number of hydrogen-bond donors (Lipinski definition) is 0. The molecular weight excluding hydrogens is 308 g/mol. The topological polar surface area (TPSA) is 9.23 Å². The van der Waals surface area contributed by atoms with E-state index in [2.05, 4.69) is 0 Å². The second-order valence-corrected chi connectivity index (χ2v) is 3.94. The molecule has 0 fully saturated rings. The van der Waals surface area contributed by atoms with Crippen molar-refractivity contribution in [2.75, 3.05) is 0 Å². The molecule has 0 amide bonds. The Bertz CT molecular complexity index is 530. The Morgan fingerprint density at radius 1 is 0.783 bits per heavy atom. The zero-order chi connectivity index (χ0) is 17.9. The van der Waals surface area contributed by atoms with Crippen LogP contribution in [0.5, 0.6) is 5.75 Å². The minimum absolute atomic E-state index is 0.172. The highest BCUT2D eigenvalue weighted by Crippen LogP contribution is 2.30. The van der Waals surface area contributed by atoms with Crippen LogP contribution in [0.2, 0.25) is 0 Å². The van der Waals surface area contributed by atoms with E-state index in [1.807, 2.05) is 27.7 Å². The molecule has 0 aromatic heterocycles. The SMILES string of the molecule is CC.CC.Fc1ccc(COc2ccc(C(F)(F)F)cc2)cc1. The molecule has 0 bridgehead atoms. The lowest BCUT2D eigenvalue weighted by Gasteiger charge is -2.09. The molecule has 0 aliphatic rings. The van der Waals surface area contributed by atoms with Crippen LogP contribution in [0.3, 0.4) is 0 Å². The van der Waals surface area contributed by atoms with Gasteiger partial charge in [0.1, 0.15) is 18.2 Å². The van der Waals surface area contributed by atoms with Crippen LogP contribution in [-0.2, 0) is 12.8 Å². The maximum Gasteiger partial charge on any atom is 0.416 e. The van der Waals surface area contributed by atoms with E-state index in [-0.39, 0.29) is 12.4 Å². The van der Waals surface area contributed by atoms with Gasteiger partial charge in [-0.1, -0.05) is 39.8 Å². The van der Waals surface area contributed by atoms with E-state index in [0.717, 1.165) is 17.7 Å². The third-order valence-corrected chi connectivity index (χ3v) is 2.50. The van der Waals surface area contributed by atoms with Gasteiger partial charge in [0.15, 0.2) is 0 Å². The molecule has 2 rings (SSSR count). The highest BCUT2D eigenvalue weighted by molar-refractivity contribution is 5.29. The van der Waals surface area contributed by atoms with Gasteiger partial charge in [0.05, 0.1) is 5.56 Å². The molecule has 5 heteroatoms. The smallest absolute Gasteiger partial charge is 0.416 e. The van der Waals surface area contributed by atoms with Crippen molar-refractivity contribution in [3.8, 4) is 5.75 Å². The summed E-state index contributed by atoms with van der Waals surface area (Å²) in [6.45, 7) is 8.17. The number of alkyl halides is 3. The molecule has 0 saturated heterocycles. The zero-order valence-electron chi connectivity index (χ0n) is 13.7. The molecule has 2 aromatic carbocycles. The predicted molar refractivity (Wildman–Crippen MR) is 84.9 cm³/mol. The van der Waals surface area contributed by atoms with Crippen molar-refractivity contribution in [1.82, 2.24) is 0 Å². The summed E-state index contributed by atoms with van der Waals surface area (Å²) in [6.07, 6.45) is -4.35. The number of halogens is 4. The molecule has 0 spiro atoms. The van der Waals surface area contributed by atoms with Gasteiger partial charge in [-0.3, -0.25) is 0 Å². The van der Waals surface area contributed by atoms with Gasteiger partial charge in [-0.2, -0.15) is 13.2 Å². The third kappa shape index (κ3) is 7.68. The molecule has 0 heterocycles. The first-order chi connectivity index (χ1) is 10.9. The van der Waals surface area contributed by atoms with Gasteiger partial charge in [0.25, 0.3) is 0 Å². The monoisotopic (exact) mass is 330 g/mol.